The van der Waals surface area contributed by atoms with E-state index in [2.05, 4.69) is 0 Å². The Labute approximate surface area is 107 Å². The second kappa shape index (κ2) is 9.42. The molecule has 0 spiro atoms. The summed E-state index contributed by atoms with van der Waals surface area (Å²) >= 11 is 0. The number of nitriles is 1. The van der Waals surface area contributed by atoms with Gasteiger partial charge in [0.1, 0.15) is 0 Å². The molecule has 0 aliphatic carbocycles. The van der Waals surface area contributed by atoms with Crippen LogP contribution in [0.1, 0.15) is 32.6 Å². The second-order valence-electron chi connectivity index (χ2n) is 4.34. The Morgan fingerprint density at radius 3 is 2.44 bits per heavy atom. The van der Waals surface area contributed by atoms with Crippen LogP contribution in [0.15, 0.2) is 0 Å². The fourth-order valence-electron chi connectivity index (χ4n) is 1.59. The SMILES string of the molecule is CC(CN(CC#N)CCCCCC(=O)O)C(=O)O. The van der Waals surface area contributed by atoms with Crippen LogP contribution in [0.3, 0.4) is 0 Å². The van der Waals surface area contributed by atoms with Gasteiger partial charge >= 0.3 is 11.9 Å². The Hall–Kier alpha value is -1.61. The third-order valence-electron chi connectivity index (χ3n) is 2.61. The van der Waals surface area contributed by atoms with Crippen molar-refractivity contribution in [2.75, 3.05) is 19.6 Å². The van der Waals surface area contributed by atoms with Gasteiger partial charge < -0.3 is 10.2 Å². The van der Waals surface area contributed by atoms with Crippen LogP contribution in [-0.2, 0) is 9.59 Å². The van der Waals surface area contributed by atoms with E-state index in [1.807, 2.05) is 6.07 Å². The summed E-state index contributed by atoms with van der Waals surface area (Å²) in [6.07, 6.45) is 2.32. The van der Waals surface area contributed by atoms with Crippen molar-refractivity contribution in [3.8, 4) is 6.07 Å². The number of carboxylic acids is 2. The molecule has 0 aromatic heterocycles. The van der Waals surface area contributed by atoms with Crippen LogP contribution in [0.2, 0.25) is 0 Å². The Bertz CT molecular complexity index is 312. The summed E-state index contributed by atoms with van der Waals surface area (Å²) in [5.74, 6) is -2.18. The lowest BCUT2D eigenvalue weighted by atomic mass is 10.1. The summed E-state index contributed by atoms with van der Waals surface area (Å²) in [5, 5.41) is 25.9. The summed E-state index contributed by atoms with van der Waals surface area (Å²) in [6, 6.07) is 2.01. The molecular formula is C12H20N2O4. The number of carbonyl (C=O) groups is 2. The zero-order valence-corrected chi connectivity index (χ0v) is 10.6. The Morgan fingerprint density at radius 1 is 1.28 bits per heavy atom. The molecule has 18 heavy (non-hydrogen) atoms. The lowest BCUT2D eigenvalue weighted by Gasteiger charge is -2.20. The van der Waals surface area contributed by atoms with Crippen molar-refractivity contribution in [2.45, 2.75) is 32.6 Å². The first kappa shape index (κ1) is 16.4. The van der Waals surface area contributed by atoms with Crippen molar-refractivity contribution >= 4 is 11.9 Å². The minimum Gasteiger partial charge on any atom is -0.481 e. The van der Waals surface area contributed by atoms with Gasteiger partial charge in [0.15, 0.2) is 0 Å². The minimum absolute atomic E-state index is 0.157. The van der Waals surface area contributed by atoms with Gasteiger partial charge in [0, 0.05) is 13.0 Å². The number of carboxylic acid groups (broad SMARTS) is 2. The first-order chi connectivity index (χ1) is 8.47. The van der Waals surface area contributed by atoms with Crippen LogP contribution < -0.4 is 0 Å². The van der Waals surface area contributed by atoms with Gasteiger partial charge in [-0.2, -0.15) is 5.26 Å². The number of hydrogen-bond acceptors (Lipinski definition) is 4. The summed E-state index contributed by atoms with van der Waals surface area (Å²) < 4.78 is 0. The second-order valence-corrected chi connectivity index (χ2v) is 4.34. The molecule has 0 aromatic carbocycles. The third kappa shape index (κ3) is 8.53. The van der Waals surface area contributed by atoms with E-state index >= 15 is 0 Å². The zero-order valence-electron chi connectivity index (χ0n) is 10.6. The van der Waals surface area contributed by atoms with E-state index in [0.717, 1.165) is 12.8 Å². The maximum absolute atomic E-state index is 10.7. The fourth-order valence-corrected chi connectivity index (χ4v) is 1.59. The molecule has 0 radical (unpaired) electrons. The van der Waals surface area contributed by atoms with Gasteiger partial charge in [-0.25, -0.2) is 0 Å². The summed E-state index contributed by atoms with van der Waals surface area (Å²) in [6.45, 7) is 2.79. The van der Waals surface area contributed by atoms with Gasteiger partial charge in [-0.3, -0.25) is 14.5 Å². The predicted octanol–water partition coefficient (Wildman–Crippen LogP) is 1.18. The van der Waals surface area contributed by atoms with Crippen molar-refractivity contribution in [1.82, 2.24) is 4.90 Å². The van der Waals surface area contributed by atoms with Gasteiger partial charge in [-0.1, -0.05) is 13.3 Å². The van der Waals surface area contributed by atoms with Crippen LogP contribution in [-0.4, -0.2) is 46.7 Å². The number of hydrogen-bond donors (Lipinski definition) is 2. The van der Waals surface area contributed by atoms with Crippen LogP contribution >= 0.6 is 0 Å². The molecule has 0 fully saturated rings. The molecule has 6 heteroatoms. The topological polar surface area (TPSA) is 102 Å². The monoisotopic (exact) mass is 256 g/mol. The van der Waals surface area contributed by atoms with E-state index in [9.17, 15) is 9.59 Å². The van der Waals surface area contributed by atoms with Crippen LogP contribution in [0.25, 0.3) is 0 Å². The van der Waals surface area contributed by atoms with Crippen LogP contribution in [0.5, 0.6) is 0 Å². The van der Waals surface area contributed by atoms with Crippen molar-refractivity contribution in [3.63, 3.8) is 0 Å². The van der Waals surface area contributed by atoms with Crippen LogP contribution in [0.4, 0.5) is 0 Å². The highest BCUT2D eigenvalue weighted by atomic mass is 16.4. The molecule has 0 aliphatic rings. The molecule has 2 N–H and O–H groups in total. The van der Waals surface area contributed by atoms with Gasteiger partial charge in [-0.05, 0) is 19.4 Å². The van der Waals surface area contributed by atoms with E-state index < -0.39 is 17.9 Å². The zero-order chi connectivity index (χ0) is 14.0. The van der Waals surface area contributed by atoms with Crippen molar-refractivity contribution in [3.05, 3.63) is 0 Å². The normalized spacial score (nSPS) is 12.1. The van der Waals surface area contributed by atoms with Crippen LogP contribution in [0, 0.1) is 17.2 Å². The molecule has 102 valence electrons. The average Bonchev–Trinajstić information content (AvgIpc) is 2.28. The smallest absolute Gasteiger partial charge is 0.307 e. The lowest BCUT2D eigenvalue weighted by molar-refractivity contribution is -0.141. The minimum atomic E-state index is -0.871. The molecule has 0 saturated carbocycles. The van der Waals surface area contributed by atoms with E-state index in [-0.39, 0.29) is 13.0 Å². The molecule has 0 saturated heterocycles. The van der Waals surface area contributed by atoms with E-state index in [1.54, 1.807) is 11.8 Å². The number of rotatable bonds is 10. The molecule has 0 bridgehead atoms. The maximum atomic E-state index is 10.7. The molecule has 0 aromatic rings. The average molecular weight is 256 g/mol. The highest BCUT2D eigenvalue weighted by Crippen LogP contribution is 2.05. The first-order valence-corrected chi connectivity index (χ1v) is 6.01. The molecule has 0 heterocycles. The summed E-state index contributed by atoms with van der Waals surface area (Å²) in [4.78, 5) is 22.8. The molecule has 6 nitrogen and oxygen atoms in total. The number of aliphatic carboxylic acids is 2. The van der Waals surface area contributed by atoms with Gasteiger partial charge in [-0.15, -0.1) is 0 Å². The molecule has 1 unspecified atom stereocenters. The molecule has 0 rings (SSSR count). The standard InChI is InChI=1S/C12H20N2O4/c1-10(12(17)18)9-14(8-6-13)7-4-2-3-5-11(15)16/h10H,2-5,7-9H2,1H3,(H,15,16)(H,17,18). The van der Waals surface area contributed by atoms with Gasteiger partial charge in [0.05, 0.1) is 18.5 Å². The molecule has 1 atom stereocenters. The molecular weight excluding hydrogens is 236 g/mol. The largest absolute Gasteiger partial charge is 0.481 e. The summed E-state index contributed by atoms with van der Waals surface area (Å²) in [7, 11) is 0. The Balaban J connectivity index is 3.87. The van der Waals surface area contributed by atoms with E-state index in [0.29, 0.717) is 19.5 Å². The maximum Gasteiger partial charge on any atom is 0.307 e. The van der Waals surface area contributed by atoms with E-state index in [1.165, 1.54) is 0 Å². The highest BCUT2D eigenvalue weighted by Gasteiger charge is 2.15. The highest BCUT2D eigenvalue weighted by molar-refractivity contribution is 5.69. The first-order valence-electron chi connectivity index (χ1n) is 6.01. The number of unbranched alkanes of at least 4 members (excludes halogenated alkanes) is 2. The molecule has 0 amide bonds. The van der Waals surface area contributed by atoms with Crippen molar-refractivity contribution < 1.29 is 19.8 Å². The van der Waals surface area contributed by atoms with Gasteiger partial charge in [0.25, 0.3) is 0 Å². The predicted molar refractivity (Wildman–Crippen MR) is 65.0 cm³/mol. The number of nitrogens with zero attached hydrogens (tertiary/aromatic N) is 2. The fraction of sp³-hybridized carbons (Fsp3) is 0.750. The Kier molecular flexibility index (Phi) is 8.58. The quantitative estimate of drug-likeness (QED) is 0.449. The Morgan fingerprint density at radius 2 is 1.94 bits per heavy atom. The van der Waals surface area contributed by atoms with E-state index in [4.69, 9.17) is 15.5 Å². The lowest BCUT2D eigenvalue weighted by Crippen LogP contribution is -2.33. The third-order valence-corrected chi connectivity index (χ3v) is 2.61. The molecule has 0 aliphatic heterocycles. The van der Waals surface area contributed by atoms with Crippen molar-refractivity contribution in [1.29, 1.82) is 5.26 Å². The van der Waals surface area contributed by atoms with Gasteiger partial charge in [0.2, 0.25) is 0 Å². The van der Waals surface area contributed by atoms with Crippen molar-refractivity contribution in [2.24, 2.45) is 5.92 Å². The summed E-state index contributed by atoms with van der Waals surface area (Å²) in [5.41, 5.74) is 0.